The summed E-state index contributed by atoms with van der Waals surface area (Å²) in [6.07, 6.45) is -0.288. The number of Topliss-reactive ketones (excluding diaryl/α,β-unsaturated/α-hetero) is 1. The summed E-state index contributed by atoms with van der Waals surface area (Å²) < 4.78 is 0. The molecule has 1 aromatic carbocycles. The molecule has 88 valence electrons. The summed E-state index contributed by atoms with van der Waals surface area (Å²) in [7, 11) is 0. The van der Waals surface area contributed by atoms with Gasteiger partial charge in [0.25, 0.3) is 0 Å². The van der Waals surface area contributed by atoms with E-state index in [1.807, 2.05) is 31.2 Å². The first-order valence-electron chi connectivity index (χ1n) is 5.46. The van der Waals surface area contributed by atoms with Gasteiger partial charge in [0.15, 0.2) is 6.29 Å². The van der Waals surface area contributed by atoms with Crippen molar-refractivity contribution in [2.75, 3.05) is 0 Å². The van der Waals surface area contributed by atoms with Crippen molar-refractivity contribution in [1.29, 1.82) is 0 Å². The zero-order valence-corrected chi connectivity index (χ0v) is 9.68. The summed E-state index contributed by atoms with van der Waals surface area (Å²) in [5.41, 5.74) is 2.05. The normalized spacial score (nSPS) is 12.8. The number of hydrogen-bond acceptors (Lipinski definition) is 3. The number of rotatable bonds is 5. The fraction of sp³-hybridized carbons (Fsp3) is 0.462. The first-order valence-corrected chi connectivity index (χ1v) is 5.46. The van der Waals surface area contributed by atoms with E-state index < -0.39 is 6.29 Å². The predicted octanol–water partition coefficient (Wildman–Crippen LogP) is 1.62. The van der Waals surface area contributed by atoms with E-state index in [4.69, 9.17) is 10.2 Å². The quantitative estimate of drug-likeness (QED) is 0.744. The molecule has 0 amide bonds. The zero-order chi connectivity index (χ0) is 12.1. The van der Waals surface area contributed by atoms with Gasteiger partial charge in [-0.15, -0.1) is 0 Å². The van der Waals surface area contributed by atoms with Gasteiger partial charge in [0.1, 0.15) is 5.78 Å². The second-order valence-corrected chi connectivity index (χ2v) is 4.09. The average Bonchev–Trinajstić information content (AvgIpc) is 2.26. The van der Waals surface area contributed by atoms with Gasteiger partial charge in [-0.05, 0) is 24.5 Å². The maximum absolute atomic E-state index is 11.2. The van der Waals surface area contributed by atoms with E-state index in [0.717, 1.165) is 11.1 Å². The van der Waals surface area contributed by atoms with Crippen molar-refractivity contribution in [1.82, 2.24) is 0 Å². The van der Waals surface area contributed by atoms with Gasteiger partial charge in [-0.2, -0.15) is 0 Å². The van der Waals surface area contributed by atoms with Gasteiger partial charge < -0.3 is 10.2 Å². The standard InChI is InChI=1S/C13H18O3/c1-9(10(2)14)12-6-3-11(4-7-12)5-8-13(15)16/h3-4,6-7,9,13,15-16H,5,8H2,1-2H3. The largest absolute Gasteiger partial charge is 0.368 e. The average molecular weight is 222 g/mol. The lowest BCUT2D eigenvalue weighted by atomic mass is 9.96. The van der Waals surface area contributed by atoms with Crippen LogP contribution in [-0.4, -0.2) is 22.3 Å². The molecule has 0 heterocycles. The van der Waals surface area contributed by atoms with E-state index in [2.05, 4.69) is 0 Å². The number of benzene rings is 1. The van der Waals surface area contributed by atoms with Crippen molar-refractivity contribution < 1.29 is 15.0 Å². The van der Waals surface area contributed by atoms with E-state index >= 15 is 0 Å². The number of aryl methyl sites for hydroxylation is 1. The Bertz CT molecular complexity index is 341. The molecule has 2 N–H and O–H groups in total. The second kappa shape index (κ2) is 5.77. The number of carbonyl (C=O) groups excluding carboxylic acids is 1. The Labute approximate surface area is 95.7 Å². The van der Waals surface area contributed by atoms with Gasteiger partial charge in [-0.3, -0.25) is 4.79 Å². The van der Waals surface area contributed by atoms with Crippen molar-refractivity contribution in [2.45, 2.75) is 38.9 Å². The van der Waals surface area contributed by atoms with E-state index in [9.17, 15) is 4.79 Å². The third-order valence-electron chi connectivity index (χ3n) is 2.78. The van der Waals surface area contributed by atoms with Crippen molar-refractivity contribution in [3.05, 3.63) is 35.4 Å². The molecular weight excluding hydrogens is 204 g/mol. The van der Waals surface area contributed by atoms with Crippen LogP contribution in [0.4, 0.5) is 0 Å². The first-order chi connectivity index (χ1) is 7.50. The molecule has 0 radical (unpaired) electrons. The van der Waals surface area contributed by atoms with Crippen molar-refractivity contribution in [3.63, 3.8) is 0 Å². The molecule has 0 aliphatic carbocycles. The predicted molar refractivity (Wildman–Crippen MR) is 62.1 cm³/mol. The Morgan fingerprint density at radius 1 is 1.25 bits per heavy atom. The van der Waals surface area contributed by atoms with Crippen LogP contribution in [0.1, 0.15) is 37.3 Å². The molecule has 0 bridgehead atoms. The van der Waals surface area contributed by atoms with Crippen LogP contribution in [0.5, 0.6) is 0 Å². The third-order valence-corrected chi connectivity index (χ3v) is 2.78. The Morgan fingerprint density at radius 2 is 1.81 bits per heavy atom. The second-order valence-electron chi connectivity index (χ2n) is 4.09. The van der Waals surface area contributed by atoms with Crippen LogP contribution < -0.4 is 0 Å². The van der Waals surface area contributed by atoms with Crippen LogP contribution in [0.2, 0.25) is 0 Å². The van der Waals surface area contributed by atoms with Crippen LogP contribution >= 0.6 is 0 Å². The minimum absolute atomic E-state index is 0.0718. The molecule has 1 rings (SSSR count). The number of aliphatic hydroxyl groups is 2. The van der Waals surface area contributed by atoms with Gasteiger partial charge in [0.05, 0.1) is 0 Å². The Balaban J connectivity index is 2.64. The molecule has 16 heavy (non-hydrogen) atoms. The summed E-state index contributed by atoms with van der Waals surface area (Å²) in [5.74, 6) is 0.0796. The van der Waals surface area contributed by atoms with E-state index in [-0.39, 0.29) is 11.7 Å². The van der Waals surface area contributed by atoms with Gasteiger partial charge in [-0.25, -0.2) is 0 Å². The SMILES string of the molecule is CC(=O)C(C)c1ccc(CCC(O)O)cc1. The lowest BCUT2D eigenvalue weighted by Crippen LogP contribution is -2.06. The van der Waals surface area contributed by atoms with Crippen LogP contribution in [0.25, 0.3) is 0 Å². The molecule has 3 heteroatoms. The highest BCUT2D eigenvalue weighted by molar-refractivity contribution is 5.82. The molecule has 0 aliphatic heterocycles. The molecule has 1 aromatic rings. The van der Waals surface area contributed by atoms with Crippen molar-refractivity contribution in [2.24, 2.45) is 0 Å². The Hall–Kier alpha value is -1.19. The number of aliphatic hydroxyl groups excluding tert-OH is 1. The molecule has 1 unspecified atom stereocenters. The van der Waals surface area contributed by atoms with Crippen LogP contribution in [0.3, 0.4) is 0 Å². The van der Waals surface area contributed by atoms with Gasteiger partial charge in [0, 0.05) is 12.3 Å². The maximum atomic E-state index is 11.2. The Kier molecular flexibility index (Phi) is 4.65. The van der Waals surface area contributed by atoms with Gasteiger partial charge >= 0.3 is 0 Å². The highest BCUT2D eigenvalue weighted by atomic mass is 16.5. The molecule has 0 saturated carbocycles. The van der Waals surface area contributed by atoms with Gasteiger partial charge in [-0.1, -0.05) is 31.2 Å². The summed E-state index contributed by atoms with van der Waals surface area (Å²) in [5, 5.41) is 17.5. The van der Waals surface area contributed by atoms with Crippen LogP contribution in [-0.2, 0) is 11.2 Å². The smallest absolute Gasteiger partial charge is 0.151 e. The van der Waals surface area contributed by atoms with Gasteiger partial charge in [0.2, 0.25) is 0 Å². The van der Waals surface area contributed by atoms with E-state index in [0.29, 0.717) is 12.8 Å². The lowest BCUT2D eigenvalue weighted by molar-refractivity contribution is -0.118. The molecule has 0 spiro atoms. The minimum atomic E-state index is -1.25. The topological polar surface area (TPSA) is 57.5 Å². The molecule has 0 fully saturated rings. The zero-order valence-electron chi connectivity index (χ0n) is 9.68. The van der Waals surface area contributed by atoms with Crippen molar-refractivity contribution in [3.8, 4) is 0 Å². The van der Waals surface area contributed by atoms with Crippen molar-refractivity contribution >= 4 is 5.78 Å². The summed E-state index contributed by atoms with van der Waals surface area (Å²) in [6, 6.07) is 7.70. The highest BCUT2D eigenvalue weighted by Gasteiger charge is 2.09. The lowest BCUT2D eigenvalue weighted by Gasteiger charge is -2.09. The van der Waals surface area contributed by atoms with Crippen LogP contribution in [0.15, 0.2) is 24.3 Å². The van der Waals surface area contributed by atoms with Crippen LogP contribution in [0, 0.1) is 0 Å². The third kappa shape index (κ3) is 3.76. The molecule has 0 aromatic heterocycles. The fourth-order valence-corrected chi connectivity index (χ4v) is 1.50. The number of carbonyl (C=O) groups is 1. The summed E-state index contributed by atoms with van der Waals surface area (Å²) in [4.78, 5) is 11.2. The summed E-state index contributed by atoms with van der Waals surface area (Å²) in [6.45, 7) is 3.47. The number of hydrogen-bond donors (Lipinski definition) is 2. The molecule has 1 atom stereocenters. The highest BCUT2D eigenvalue weighted by Crippen LogP contribution is 2.17. The fourth-order valence-electron chi connectivity index (χ4n) is 1.50. The molecular formula is C13H18O3. The van der Waals surface area contributed by atoms with E-state index in [1.165, 1.54) is 0 Å². The monoisotopic (exact) mass is 222 g/mol. The first kappa shape index (κ1) is 12.9. The number of ketones is 1. The molecule has 0 aliphatic rings. The summed E-state index contributed by atoms with van der Waals surface area (Å²) >= 11 is 0. The molecule has 3 nitrogen and oxygen atoms in total. The minimum Gasteiger partial charge on any atom is -0.368 e. The maximum Gasteiger partial charge on any atom is 0.151 e. The Morgan fingerprint density at radius 3 is 2.25 bits per heavy atom. The van der Waals surface area contributed by atoms with E-state index in [1.54, 1.807) is 6.92 Å². The molecule has 0 saturated heterocycles.